The summed E-state index contributed by atoms with van der Waals surface area (Å²) in [5.74, 6) is -0.190. The van der Waals surface area contributed by atoms with Crippen molar-refractivity contribution in [1.29, 1.82) is 0 Å². The van der Waals surface area contributed by atoms with Crippen molar-refractivity contribution in [1.82, 2.24) is 0 Å². The molecule has 5 aliphatic rings. The predicted octanol–water partition coefficient (Wildman–Crippen LogP) is 3.72. The molecule has 4 fully saturated rings. The zero-order chi connectivity index (χ0) is 24.5. The SMILES string of the molecule is CC(=O)O[C@@H]1CC[C@@]2(C)[C@H](CC[C@@H]3[C@@H]2CC[C@]2(C)[C@H](C4=CC(=O)OC4)[C@H](OC(C)=O)C[C@@]32O)C1. The second-order valence-electron chi connectivity index (χ2n) is 12.0. The summed E-state index contributed by atoms with van der Waals surface area (Å²) in [7, 11) is 0. The highest BCUT2D eigenvalue weighted by molar-refractivity contribution is 5.85. The molecule has 0 radical (unpaired) electrons. The molecule has 0 spiro atoms. The Bertz CT molecular complexity index is 926. The molecule has 188 valence electrons. The monoisotopic (exact) mass is 474 g/mol. The summed E-state index contributed by atoms with van der Waals surface area (Å²) in [6.45, 7) is 7.61. The van der Waals surface area contributed by atoms with E-state index in [0.29, 0.717) is 18.3 Å². The van der Waals surface area contributed by atoms with E-state index in [1.165, 1.54) is 13.8 Å². The number of cyclic esters (lactones) is 1. The van der Waals surface area contributed by atoms with E-state index in [-0.39, 0.29) is 47.9 Å². The van der Waals surface area contributed by atoms with Crippen LogP contribution in [0.25, 0.3) is 0 Å². The molecule has 4 aliphatic carbocycles. The van der Waals surface area contributed by atoms with Crippen molar-refractivity contribution < 1.29 is 33.7 Å². The average Bonchev–Trinajstić information content (AvgIpc) is 3.25. The maximum absolute atomic E-state index is 12.5. The summed E-state index contributed by atoms with van der Waals surface area (Å²) < 4.78 is 16.6. The van der Waals surface area contributed by atoms with Gasteiger partial charge in [-0.15, -0.1) is 0 Å². The van der Waals surface area contributed by atoms with E-state index < -0.39 is 17.1 Å². The zero-order valence-electron chi connectivity index (χ0n) is 20.8. The zero-order valence-corrected chi connectivity index (χ0v) is 20.8. The first-order valence-electron chi connectivity index (χ1n) is 12.9. The van der Waals surface area contributed by atoms with Crippen LogP contribution in [0.5, 0.6) is 0 Å². The Balaban J connectivity index is 1.46. The lowest BCUT2D eigenvalue weighted by Crippen LogP contribution is -2.62. The van der Waals surface area contributed by atoms with E-state index in [9.17, 15) is 19.5 Å². The molecule has 0 aromatic carbocycles. The van der Waals surface area contributed by atoms with Gasteiger partial charge in [-0.3, -0.25) is 9.59 Å². The highest BCUT2D eigenvalue weighted by Gasteiger charge is 2.71. The molecule has 9 atom stereocenters. The first kappa shape index (κ1) is 23.8. The lowest BCUT2D eigenvalue weighted by atomic mass is 9.43. The van der Waals surface area contributed by atoms with Crippen LogP contribution < -0.4 is 0 Å². The number of carbonyl (C=O) groups excluding carboxylic acids is 3. The van der Waals surface area contributed by atoms with E-state index in [2.05, 4.69) is 13.8 Å². The third-order valence-corrected chi connectivity index (χ3v) is 10.5. The van der Waals surface area contributed by atoms with Gasteiger partial charge in [0.25, 0.3) is 0 Å². The molecular formula is C27H38O7. The van der Waals surface area contributed by atoms with Gasteiger partial charge in [-0.2, -0.15) is 0 Å². The van der Waals surface area contributed by atoms with Gasteiger partial charge in [0.2, 0.25) is 0 Å². The topological polar surface area (TPSA) is 99.1 Å². The summed E-state index contributed by atoms with van der Waals surface area (Å²) in [6.07, 6.45) is 7.98. The van der Waals surface area contributed by atoms with E-state index in [0.717, 1.165) is 50.5 Å². The van der Waals surface area contributed by atoms with Crippen LogP contribution in [0.2, 0.25) is 0 Å². The number of aliphatic hydroxyl groups is 1. The number of hydrogen-bond acceptors (Lipinski definition) is 7. The molecule has 1 aliphatic heterocycles. The first-order chi connectivity index (χ1) is 16.0. The third-order valence-electron chi connectivity index (χ3n) is 10.5. The minimum atomic E-state index is -0.978. The van der Waals surface area contributed by atoms with Gasteiger partial charge in [0, 0.05) is 37.7 Å². The van der Waals surface area contributed by atoms with Crippen molar-refractivity contribution >= 4 is 17.9 Å². The van der Waals surface area contributed by atoms with Crippen LogP contribution >= 0.6 is 0 Å². The Morgan fingerprint density at radius 3 is 2.41 bits per heavy atom. The molecule has 1 N–H and O–H groups in total. The number of ether oxygens (including phenoxy) is 3. The normalized spacial score (nSPS) is 47.6. The highest BCUT2D eigenvalue weighted by Crippen LogP contribution is 2.70. The van der Waals surface area contributed by atoms with Gasteiger partial charge < -0.3 is 19.3 Å². The molecule has 0 aromatic heterocycles. The van der Waals surface area contributed by atoms with Gasteiger partial charge in [0.1, 0.15) is 18.8 Å². The summed E-state index contributed by atoms with van der Waals surface area (Å²) in [6, 6.07) is 0. The minimum Gasteiger partial charge on any atom is -0.463 e. The van der Waals surface area contributed by atoms with Crippen LogP contribution in [0.1, 0.15) is 79.1 Å². The fourth-order valence-electron chi connectivity index (χ4n) is 9.08. The number of esters is 3. The fraction of sp³-hybridized carbons (Fsp3) is 0.815. The fourth-order valence-corrected chi connectivity index (χ4v) is 9.08. The Hall–Kier alpha value is -1.89. The van der Waals surface area contributed by atoms with Crippen LogP contribution in [0.4, 0.5) is 0 Å². The molecule has 0 amide bonds. The van der Waals surface area contributed by atoms with Crippen molar-refractivity contribution in [2.75, 3.05) is 6.61 Å². The second kappa shape index (κ2) is 8.07. The lowest BCUT2D eigenvalue weighted by molar-refractivity contribution is -0.210. The Labute approximate surface area is 201 Å². The minimum absolute atomic E-state index is 0.000108. The van der Waals surface area contributed by atoms with Crippen molar-refractivity contribution in [3.63, 3.8) is 0 Å². The van der Waals surface area contributed by atoms with Gasteiger partial charge in [0.05, 0.1) is 5.60 Å². The van der Waals surface area contributed by atoms with E-state index in [1.54, 1.807) is 6.08 Å². The van der Waals surface area contributed by atoms with Crippen molar-refractivity contribution in [3.05, 3.63) is 11.6 Å². The van der Waals surface area contributed by atoms with Crippen LogP contribution in [0.3, 0.4) is 0 Å². The number of fused-ring (bicyclic) bond motifs is 5. The van der Waals surface area contributed by atoms with Crippen molar-refractivity contribution in [2.24, 2.45) is 34.5 Å². The molecule has 4 saturated carbocycles. The summed E-state index contributed by atoms with van der Waals surface area (Å²) >= 11 is 0. The second-order valence-corrected chi connectivity index (χ2v) is 12.0. The van der Waals surface area contributed by atoms with Crippen LogP contribution in [0.15, 0.2) is 11.6 Å². The van der Waals surface area contributed by atoms with Gasteiger partial charge in [-0.1, -0.05) is 13.8 Å². The summed E-state index contributed by atoms with van der Waals surface area (Å²) in [4.78, 5) is 35.4. The van der Waals surface area contributed by atoms with E-state index >= 15 is 0 Å². The van der Waals surface area contributed by atoms with E-state index in [4.69, 9.17) is 14.2 Å². The molecular weight excluding hydrogens is 436 g/mol. The molecule has 0 saturated heterocycles. The molecule has 5 rings (SSSR count). The van der Waals surface area contributed by atoms with Gasteiger partial charge in [-0.25, -0.2) is 4.79 Å². The molecule has 0 bridgehead atoms. The Morgan fingerprint density at radius 1 is 1.03 bits per heavy atom. The van der Waals surface area contributed by atoms with E-state index in [1.807, 2.05) is 0 Å². The first-order valence-corrected chi connectivity index (χ1v) is 12.9. The highest BCUT2D eigenvalue weighted by atomic mass is 16.6. The number of rotatable bonds is 3. The quantitative estimate of drug-likeness (QED) is 0.492. The smallest absolute Gasteiger partial charge is 0.331 e. The Morgan fingerprint density at radius 2 is 1.76 bits per heavy atom. The molecule has 7 nitrogen and oxygen atoms in total. The maximum Gasteiger partial charge on any atom is 0.331 e. The van der Waals surface area contributed by atoms with Crippen LogP contribution in [-0.4, -0.2) is 47.4 Å². The van der Waals surface area contributed by atoms with Crippen molar-refractivity contribution in [3.8, 4) is 0 Å². The molecule has 0 unspecified atom stereocenters. The third kappa shape index (κ3) is 3.44. The van der Waals surface area contributed by atoms with Gasteiger partial charge in [0.15, 0.2) is 0 Å². The average molecular weight is 475 g/mol. The number of hydrogen-bond donors (Lipinski definition) is 1. The van der Waals surface area contributed by atoms with Crippen LogP contribution in [-0.2, 0) is 28.6 Å². The van der Waals surface area contributed by atoms with Crippen LogP contribution in [0, 0.1) is 34.5 Å². The predicted molar refractivity (Wildman–Crippen MR) is 122 cm³/mol. The maximum atomic E-state index is 12.5. The molecule has 7 heteroatoms. The number of carbonyl (C=O) groups is 3. The summed E-state index contributed by atoms with van der Waals surface area (Å²) in [5, 5.41) is 12.5. The van der Waals surface area contributed by atoms with Gasteiger partial charge >= 0.3 is 17.9 Å². The Kier molecular flexibility index (Phi) is 5.66. The molecule has 1 heterocycles. The lowest BCUT2D eigenvalue weighted by Gasteiger charge is -2.63. The summed E-state index contributed by atoms with van der Waals surface area (Å²) in [5.41, 5.74) is -0.535. The standard InChI is InChI=1S/C27H38O7/c1-15(28)33-19-7-9-25(3)18(12-19)5-6-21-20(25)8-10-26(4)24(17-11-23(30)32-14-17)22(34-16(2)29)13-27(21,26)31/h11,18-22,24,31H,5-10,12-14H2,1-4H3/t18-,19-,20+,21-,22-,24-,25+,26-,27-/m1/s1. The molecule has 0 aromatic rings. The largest absolute Gasteiger partial charge is 0.463 e. The van der Waals surface area contributed by atoms with Gasteiger partial charge in [-0.05, 0) is 73.7 Å². The molecule has 34 heavy (non-hydrogen) atoms. The van der Waals surface area contributed by atoms with Crippen molar-refractivity contribution in [2.45, 2.75) is 96.9 Å².